The molecule has 0 atom stereocenters. The van der Waals surface area contributed by atoms with Crippen molar-refractivity contribution in [2.75, 3.05) is 0 Å². The predicted octanol–water partition coefficient (Wildman–Crippen LogP) is 1.13. The Morgan fingerprint density at radius 2 is 2.70 bits per heavy atom. The van der Waals surface area contributed by atoms with E-state index in [1.54, 1.807) is 0 Å². The topological polar surface area (TPSA) is 91.9 Å². The molecule has 0 unspecified atom stereocenters. The van der Waals surface area contributed by atoms with Gasteiger partial charge in [-0.05, 0) is 10.6 Å². The van der Waals surface area contributed by atoms with Gasteiger partial charge < -0.3 is 4.42 Å². The largest absolute Gasteiger partial charge is 0.440 e. The molecule has 0 aliphatic carbocycles. The Morgan fingerprint density at radius 1 is 1.90 bits per heavy atom. The summed E-state index contributed by atoms with van der Waals surface area (Å²) >= 11 is 0. The molecule has 0 aromatic carbocycles. The van der Waals surface area contributed by atoms with Crippen molar-refractivity contribution in [2.45, 2.75) is 0 Å². The molecule has 6 heteroatoms. The third-order valence-electron chi connectivity index (χ3n) is 0.779. The van der Waals surface area contributed by atoms with Gasteiger partial charge in [-0.25, -0.2) is 4.98 Å². The molecule has 6 nitrogen and oxygen atoms in total. The summed E-state index contributed by atoms with van der Waals surface area (Å²) in [6.45, 7) is 0. The Kier molecular flexibility index (Phi) is 1.67. The van der Waals surface area contributed by atoms with Crippen LogP contribution >= 0.6 is 0 Å². The van der Waals surface area contributed by atoms with Crippen molar-refractivity contribution in [3.63, 3.8) is 0 Å². The van der Waals surface area contributed by atoms with Crippen LogP contribution in [0, 0.1) is 0 Å². The summed E-state index contributed by atoms with van der Waals surface area (Å²) in [6, 6.07) is 0. The van der Waals surface area contributed by atoms with Crippen LogP contribution in [0.1, 0.15) is 10.6 Å². The molecule has 0 saturated carbocycles. The van der Waals surface area contributed by atoms with Crippen LogP contribution in [-0.2, 0) is 0 Å². The molecule has 0 aliphatic heterocycles. The molecule has 50 valence electrons. The Hall–Kier alpha value is -1.81. The van der Waals surface area contributed by atoms with Crippen LogP contribution in [0.15, 0.2) is 22.1 Å². The zero-order chi connectivity index (χ0) is 7.40. The van der Waals surface area contributed by atoms with E-state index in [0.29, 0.717) is 0 Å². The van der Waals surface area contributed by atoms with E-state index < -0.39 is 5.91 Å². The van der Waals surface area contributed by atoms with Gasteiger partial charge in [0.1, 0.15) is 0 Å². The maximum atomic E-state index is 10.6. The average molecular weight is 138 g/mol. The molecule has 0 bridgehead atoms. The molecular formula is C4H2N4O2. The van der Waals surface area contributed by atoms with Gasteiger partial charge in [-0.2, -0.15) is 0 Å². The molecule has 1 aromatic heterocycles. The van der Waals surface area contributed by atoms with Gasteiger partial charge >= 0.3 is 0 Å². The molecule has 1 rings (SSSR count). The fourth-order valence-corrected chi connectivity index (χ4v) is 0.411. The average Bonchev–Trinajstić information content (AvgIpc) is 2.38. The highest BCUT2D eigenvalue weighted by atomic mass is 16.3. The first kappa shape index (κ1) is 6.31. The minimum atomic E-state index is -0.764. The van der Waals surface area contributed by atoms with E-state index in [2.05, 4.69) is 19.4 Å². The van der Waals surface area contributed by atoms with E-state index in [9.17, 15) is 4.79 Å². The molecule has 0 fully saturated rings. The molecule has 1 amide bonds. The van der Waals surface area contributed by atoms with E-state index in [4.69, 9.17) is 5.53 Å². The number of rotatable bonds is 1. The minimum Gasteiger partial charge on any atom is -0.440 e. The van der Waals surface area contributed by atoms with E-state index in [1.807, 2.05) is 0 Å². The van der Waals surface area contributed by atoms with Gasteiger partial charge in [0, 0.05) is 4.91 Å². The summed E-state index contributed by atoms with van der Waals surface area (Å²) in [5.74, 6) is -0.821. The normalized spacial score (nSPS) is 8.40. The van der Waals surface area contributed by atoms with Gasteiger partial charge in [-0.15, -0.1) is 0 Å². The third kappa shape index (κ3) is 1.12. The van der Waals surface area contributed by atoms with Gasteiger partial charge in [0.15, 0.2) is 12.2 Å². The monoisotopic (exact) mass is 138 g/mol. The van der Waals surface area contributed by atoms with Crippen molar-refractivity contribution in [2.24, 2.45) is 5.11 Å². The van der Waals surface area contributed by atoms with Crippen LogP contribution in [0.5, 0.6) is 0 Å². The Morgan fingerprint density at radius 3 is 3.20 bits per heavy atom. The first-order valence-electron chi connectivity index (χ1n) is 2.32. The van der Waals surface area contributed by atoms with Gasteiger partial charge in [0.05, 0.1) is 6.20 Å². The molecule has 1 aromatic rings. The zero-order valence-electron chi connectivity index (χ0n) is 4.76. The third-order valence-corrected chi connectivity index (χ3v) is 0.779. The number of carbonyl (C=O) groups is 1. The quantitative estimate of drug-likeness (QED) is 0.330. The Labute approximate surface area is 55.1 Å². The fourth-order valence-electron chi connectivity index (χ4n) is 0.411. The number of carbonyl (C=O) groups excluding carboxylic acids is 1. The molecule has 10 heavy (non-hydrogen) atoms. The van der Waals surface area contributed by atoms with Gasteiger partial charge in [-0.1, -0.05) is 0 Å². The lowest BCUT2D eigenvalue weighted by molar-refractivity contribution is 0.0974. The first-order valence-corrected chi connectivity index (χ1v) is 2.32. The van der Waals surface area contributed by atoms with Crippen LogP contribution in [0.3, 0.4) is 0 Å². The van der Waals surface area contributed by atoms with Crippen LogP contribution < -0.4 is 0 Å². The van der Waals surface area contributed by atoms with Gasteiger partial charge in [0.2, 0.25) is 0 Å². The summed E-state index contributed by atoms with van der Waals surface area (Å²) in [4.78, 5) is 16.3. The number of aromatic nitrogens is 1. The van der Waals surface area contributed by atoms with Crippen LogP contribution in [0.4, 0.5) is 0 Å². The lowest BCUT2D eigenvalue weighted by atomic mass is 10.5. The van der Waals surface area contributed by atoms with Gasteiger partial charge in [0.25, 0.3) is 5.91 Å². The lowest BCUT2D eigenvalue weighted by Crippen LogP contribution is -1.88. The highest BCUT2D eigenvalue weighted by Crippen LogP contribution is 1.98. The Balaban J connectivity index is 2.87. The number of hydrogen-bond donors (Lipinski definition) is 0. The van der Waals surface area contributed by atoms with Crippen LogP contribution in [0.25, 0.3) is 10.4 Å². The fraction of sp³-hybridized carbons (Fsp3) is 0. The predicted molar refractivity (Wildman–Crippen MR) is 30.0 cm³/mol. The lowest BCUT2D eigenvalue weighted by Gasteiger charge is -1.79. The second kappa shape index (κ2) is 2.65. The molecule has 0 spiro atoms. The highest BCUT2D eigenvalue weighted by molar-refractivity contribution is 5.91. The molecule has 0 N–H and O–H groups in total. The summed E-state index contributed by atoms with van der Waals surface area (Å²) in [7, 11) is 0. The SMILES string of the molecule is [N-]=[N+]=NC(=O)c1cnco1. The standard InChI is InChI=1S/C4H2N4O2/c5-8-7-4(9)3-1-6-2-10-3/h1-2H. The van der Waals surface area contributed by atoms with Crippen LogP contribution in [-0.4, -0.2) is 10.9 Å². The maximum absolute atomic E-state index is 10.6. The van der Waals surface area contributed by atoms with Crippen LogP contribution in [0.2, 0.25) is 0 Å². The minimum absolute atomic E-state index is 0.0576. The van der Waals surface area contributed by atoms with E-state index >= 15 is 0 Å². The number of nitrogens with zero attached hydrogens (tertiary/aromatic N) is 4. The van der Waals surface area contributed by atoms with Crippen molar-refractivity contribution in [1.82, 2.24) is 4.98 Å². The maximum Gasteiger partial charge on any atom is 0.285 e. The number of azide groups is 1. The second-order valence-corrected chi connectivity index (χ2v) is 1.36. The number of amides is 1. The molecule has 0 saturated heterocycles. The summed E-state index contributed by atoms with van der Waals surface area (Å²) in [5, 5.41) is 2.77. The molecule has 0 radical (unpaired) electrons. The highest BCUT2D eigenvalue weighted by Gasteiger charge is 2.04. The van der Waals surface area contributed by atoms with E-state index in [1.165, 1.54) is 6.20 Å². The van der Waals surface area contributed by atoms with E-state index in [0.717, 1.165) is 6.39 Å². The molecule has 1 heterocycles. The zero-order valence-corrected chi connectivity index (χ0v) is 4.76. The van der Waals surface area contributed by atoms with Crippen molar-refractivity contribution in [1.29, 1.82) is 0 Å². The van der Waals surface area contributed by atoms with E-state index in [-0.39, 0.29) is 5.76 Å². The first-order chi connectivity index (χ1) is 4.84. The van der Waals surface area contributed by atoms with Crippen molar-refractivity contribution >= 4 is 5.91 Å². The van der Waals surface area contributed by atoms with Gasteiger partial charge in [-0.3, -0.25) is 4.79 Å². The van der Waals surface area contributed by atoms with Crippen molar-refractivity contribution < 1.29 is 9.21 Å². The Bertz CT molecular complexity index is 271. The van der Waals surface area contributed by atoms with Crippen molar-refractivity contribution in [3.8, 4) is 0 Å². The summed E-state index contributed by atoms with van der Waals surface area (Å²) in [5.41, 5.74) is 7.81. The summed E-state index contributed by atoms with van der Waals surface area (Å²) < 4.78 is 4.52. The number of oxazole rings is 1. The molecule has 0 aliphatic rings. The second-order valence-electron chi connectivity index (χ2n) is 1.36. The van der Waals surface area contributed by atoms with Crippen molar-refractivity contribution in [3.05, 3.63) is 28.8 Å². The molecular weight excluding hydrogens is 136 g/mol. The smallest absolute Gasteiger partial charge is 0.285 e. The summed E-state index contributed by atoms with van der Waals surface area (Å²) in [6.07, 6.45) is 2.26. The number of hydrogen-bond acceptors (Lipinski definition) is 3.